The van der Waals surface area contributed by atoms with E-state index in [4.69, 9.17) is 4.74 Å². The molecule has 1 aromatic rings. The van der Waals surface area contributed by atoms with Crippen LogP contribution in [0, 0.1) is 12.8 Å². The fourth-order valence-electron chi connectivity index (χ4n) is 1.77. The predicted octanol–water partition coefficient (Wildman–Crippen LogP) is 1.18. The van der Waals surface area contributed by atoms with Gasteiger partial charge in [-0.15, -0.1) is 0 Å². The summed E-state index contributed by atoms with van der Waals surface area (Å²) in [5, 5.41) is 7.69. The third-order valence-corrected chi connectivity index (χ3v) is 2.62. The summed E-state index contributed by atoms with van der Waals surface area (Å²) >= 11 is 0. The highest BCUT2D eigenvalue weighted by Gasteiger charge is 2.15. The van der Waals surface area contributed by atoms with Crippen LogP contribution in [-0.4, -0.2) is 29.5 Å². The van der Waals surface area contributed by atoms with E-state index in [9.17, 15) is 0 Å². The lowest BCUT2D eigenvalue weighted by Gasteiger charge is -2.09. The molecule has 0 amide bonds. The fourth-order valence-corrected chi connectivity index (χ4v) is 1.77. The molecule has 1 unspecified atom stereocenters. The molecule has 2 rings (SSSR count). The van der Waals surface area contributed by atoms with Gasteiger partial charge in [0.1, 0.15) is 0 Å². The van der Waals surface area contributed by atoms with E-state index >= 15 is 0 Å². The van der Waals surface area contributed by atoms with Gasteiger partial charge < -0.3 is 10.1 Å². The maximum absolute atomic E-state index is 5.32. The monoisotopic (exact) mass is 195 g/mol. The van der Waals surface area contributed by atoms with Crippen molar-refractivity contribution in [2.24, 2.45) is 13.0 Å². The van der Waals surface area contributed by atoms with Gasteiger partial charge in [0, 0.05) is 32.3 Å². The molecule has 1 aliphatic heterocycles. The standard InChI is InChI=1S/C10H17N3O/c1-8-10(6-13(2)12-8)11-5-9-3-4-14-7-9/h6,9,11H,3-5,7H2,1-2H3. The van der Waals surface area contributed by atoms with Crippen molar-refractivity contribution in [1.82, 2.24) is 9.78 Å². The molecule has 2 heterocycles. The summed E-state index contributed by atoms with van der Waals surface area (Å²) in [5.74, 6) is 0.662. The minimum absolute atomic E-state index is 0.662. The Morgan fingerprint density at radius 1 is 1.71 bits per heavy atom. The lowest BCUT2D eigenvalue weighted by Crippen LogP contribution is -2.14. The zero-order valence-corrected chi connectivity index (χ0v) is 8.79. The fraction of sp³-hybridized carbons (Fsp3) is 0.700. The lowest BCUT2D eigenvalue weighted by molar-refractivity contribution is 0.187. The molecule has 1 aromatic heterocycles. The highest BCUT2D eigenvalue weighted by molar-refractivity contribution is 5.45. The van der Waals surface area contributed by atoms with Crippen LogP contribution in [0.5, 0.6) is 0 Å². The molecular weight excluding hydrogens is 178 g/mol. The third-order valence-electron chi connectivity index (χ3n) is 2.62. The van der Waals surface area contributed by atoms with Crippen LogP contribution in [0.4, 0.5) is 5.69 Å². The molecule has 78 valence electrons. The summed E-state index contributed by atoms with van der Waals surface area (Å²) in [6.45, 7) is 4.82. The molecule has 14 heavy (non-hydrogen) atoms. The first-order valence-electron chi connectivity index (χ1n) is 5.07. The summed E-state index contributed by atoms with van der Waals surface area (Å²) in [4.78, 5) is 0. The summed E-state index contributed by atoms with van der Waals surface area (Å²) in [5.41, 5.74) is 2.20. The normalized spacial score (nSPS) is 21.4. The number of nitrogens with one attached hydrogen (secondary N) is 1. The van der Waals surface area contributed by atoms with Gasteiger partial charge >= 0.3 is 0 Å². The van der Waals surface area contributed by atoms with Crippen molar-refractivity contribution in [3.63, 3.8) is 0 Å². The average molecular weight is 195 g/mol. The summed E-state index contributed by atoms with van der Waals surface area (Å²) in [6, 6.07) is 0. The number of rotatable bonds is 3. The topological polar surface area (TPSA) is 39.1 Å². The van der Waals surface area contributed by atoms with Gasteiger partial charge in [-0.2, -0.15) is 5.10 Å². The van der Waals surface area contributed by atoms with E-state index in [1.54, 1.807) is 0 Å². The van der Waals surface area contributed by atoms with Crippen LogP contribution >= 0.6 is 0 Å². The zero-order chi connectivity index (χ0) is 9.97. The van der Waals surface area contributed by atoms with Gasteiger partial charge in [0.25, 0.3) is 0 Å². The Kier molecular flexibility index (Phi) is 2.72. The zero-order valence-electron chi connectivity index (χ0n) is 8.79. The molecule has 0 spiro atoms. The third kappa shape index (κ3) is 2.07. The smallest absolute Gasteiger partial charge is 0.0824 e. The molecule has 4 nitrogen and oxygen atoms in total. The van der Waals surface area contributed by atoms with E-state index < -0.39 is 0 Å². The van der Waals surface area contributed by atoms with Crippen molar-refractivity contribution in [2.75, 3.05) is 25.1 Å². The van der Waals surface area contributed by atoms with Crippen LogP contribution in [0.3, 0.4) is 0 Å². The van der Waals surface area contributed by atoms with Crippen LogP contribution in [0.15, 0.2) is 6.20 Å². The van der Waals surface area contributed by atoms with E-state index in [0.717, 1.165) is 31.1 Å². The molecule has 0 aromatic carbocycles. The van der Waals surface area contributed by atoms with Gasteiger partial charge in [-0.1, -0.05) is 0 Å². The van der Waals surface area contributed by atoms with Gasteiger partial charge in [0.2, 0.25) is 0 Å². The quantitative estimate of drug-likeness (QED) is 0.787. The second-order valence-corrected chi connectivity index (χ2v) is 3.91. The van der Waals surface area contributed by atoms with E-state index in [1.165, 1.54) is 6.42 Å². The highest BCUT2D eigenvalue weighted by atomic mass is 16.5. The number of hydrogen-bond acceptors (Lipinski definition) is 3. The van der Waals surface area contributed by atoms with Crippen molar-refractivity contribution in [2.45, 2.75) is 13.3 Å². The molecule has 4 heteroatoms. The van der Waals surface area contributed by atoms with E-state index in [0.29, 0.717) is 5.92 Å². The predicted molar refractivity (Wildman–Crippen MR) is 55.4 cm³/mol. The van der Waals surface area contributed by atoms with Crippen molar-refractivity contribution >= 4 is 5.69 Å². The lowest BCUT2D eigenvalue weighted by atomic mass is 10.1. The maximum atomic E-state index is 5.32. The number of aryl methyl sites for hydroxylation is 2. The largest absolute Gasteiger partial charge is 0.382 e. The van der Waals surface area contributed by atoms with Crippen molar-refractivity contribution in [3.8, 4) is 0 Å². The molecule has 1 atom stereocenters. The molecule has 0 radical (unpaired) electrons. The van der Waals surface area contributed by atoms with E-state index in [2.05, 4.69) is 10.4 Å². The Balaban J connectivity index is 1.87. The Morgan fingerprint density at radius 3 is 3.14 bits per heavy atom. The van der Waals surface area contributed by atoms with Gasteiger partial charge in [-0.05, 0) is 13.3 Å². The Labute approximate surface area is 84.3 Å². The SMILES string of the molecule is Cc1nn(C)cc1NCC1CCOC1. The minimum atomic E-state index is 0.662. The Hall–Kier alpha value is -1.03. The van der Waals surface area contributed by atoms with Crippen LogP contribution in [-0.2, 0) is 11.8 Å². The molecule has 0 bridgehead atoms. The number of anilines is 1. The summed E-state index contributed by atoms with van der Waals surface area (Å²) < 4.78 is 7.16. The Morgan fingerprint density at radius 2 is 2.57 bits per heavy atom. The second-order valence-electron chi connectivity index (χ2n) is 3.91. The second kappa shape index (κ2) is 4.00. The first kappa shape index (κ1) is 9.52. The number of hydrogen-bond donors (Lipinski definition) is 1. The molecule has 1 saturated heterocycles. The number of nitrogens with zero attached hydrogens (tertiary/aromatic N) is 2. The summed E-state index contributed by atoms with van der Waals surface area (Å²) in [7, 11) is 1.94. The molecule has 1 aliphatic rings. The number of ether oxygens (including phenoxy) is 1. The number of aromatic nitrogens is 2. The van der Waals surface area contributed by atoms with Crippen LogP contribution < -0.4 is 5.32 Å². The van der Waals surface area contributed by atoms with E-state index in [1.807, 2.05) is 24.9 Å². The summed E-state index contributed by atoms with van der Waals surface area (Å²) in [6.07, 6.45) is 3.19. The molecule has 1 fully saturated rings. The Bertz CT molecular complexity index is 302. The van der Waals surface area contributed by atoms with Gasteiger partial charge in [-0.3, -0.25) is 4.68 Å². The average Bonchev–Trinajstić information content (AvgIpc) is 2.72. The maximum Gasteiger partial charge on any atom is 0.0824 e. The van der Waals surface area contributed by atoms with Gasteiger partial charge in [0.05, 0.1) is 18.0 Å². The molecule has 0 saturated carbocycles. The molecule has 0 aliphatic carbocycles. The van der Waals surface area contributed by atoms with Crippen molar-refractivity contribution in [3.05, 3.63) is 11.9 Å². The van der Waals surface area contributed by atoms with Crippen molar-refractivity contribution in [1.29, 1.82) is 0 Å². The van der Waals surface area contributed by atoms with Gasteiger partial charge in [0.15, 0.2) is 0 Å². The first-order chi connectivity index (χ1) is 6.75. The van der Waals surface area contributed by atoms with Crippen LogP contribution in [0.2, 0.25) is 0 Å². The van der Waals surface area contributed by atoms with Crippen LogP contribution in [0.25, 0.3) is 0 Å². The van der Waals surface area contributed by atoms with E-state index in [-0.39, 0.29) is 0 Å². The first-order valence-corrected chi connectivity index (χ1v) is 5.07. The van der Waals surface area contributed by atoms with Gasteiger partial charge in [-0.25, -0.2) is 0 Å². The molecular formula is C10H17N3O. The minimum Gasteiger partial charge on any atom is -0.382 e. The molecule has 1 N–H and O–H groups in total. The van der Waals surface area contributed by atoms with Crippen LogP contribution in [0.1, 0.15) is 12.1 Å². The van der Waals surface area contributed by atoms with Crippen molar-refractivity contribution < 1.29 is 4.74 Å². The highest BCUT2D eigenvalue weighted by Crippen LogP contribution is 2.16.